The lowest BCUT2D eigenvalue weighted by Crippen LogP contribution is -2.43. The van der Waals surface area contributed by atoms with Crippen molar-refractivity contribution < 1.29 is 24.1 Å². The van der Waals surface area contributed by atoms with Gasteiger partial charge in [0.1, 0.15) is 22.4 Å². The number of aliphatic imine (C=N–C) groups is 1. The van der Waals surface area contributed by atoms with Crippen molar-refractivity contribution in [2.45, 2.75) is 12.6 Å². The van der Waals surface area contributed by atoms with Crippen LogP contribution in [0.2, 0.25) is 0 Å². The fourth-order valence-corrected chi connectivity index (χ4v) is 5.86. The second-order valence-electron chi connectivity index (χ2n) is 7.50. The Morgan fingerprint density at radius 1 is 1.15 bits per heavy atom. The summed E-state index contributed by atoms with van der Waals surface area (Å²) in [7, 11) is -0.936. The molecule has 5 rings (SSSR count). The minimum absolute atomic E-state index is 0.236. The minimum atomic E-state index is -0.936. The molecule has 1 aromatic heterocycles. The van der Waals surface area contributed by atoms with Crippen LogP contribution in [0.15, 0.2) is 59.6 Å². The molecule has 0 aliphatic carbocycles. The molecule has 5 N–H and O–H groups in total. The molecule has 1 atom stereocenters. The second-order valence-corrected chi connectivity index (χ2v) is 9.53. The summed E-state index contributed by atoms with van der Waals surface area (Å²) >= 11 is 2.86. The number of fused-ring (bicyclic) bond motifs is 2. The van der Waals surface area contributed by atoms with Crippen LogP contribution >= 0.6 is 23.1 Å². The monoisotopic (exact) mass is 494 g/mol. The van der Waals surface area contributed by atoms with Gasteiger partial charge in [0.2, 0.25) is 0 Å². The highest BCUT2D eigenvalue weighted by Crippen LogP contribution is 2.32. The normalized spacial score (nSPS) is 15.6. The quantitative estimate of drug-likeness (QED) is 0.249. The van der Waals surface area contributed by atoms with Crippen molar-refractivity contribution in [2.75, 3.05) is 5.75 Å². The van der Waals surface area contributed by atoms with E-state index in [2.05, 4.69) is 9.98 Å². The van der Waals surface area contributed by atoms with Crippen molar-refractivity contribution in [1.29, 1.82) is 0 Å². The number of hydrogen-bond donors (Lipinski definition) is 3. The van der Waals surface area contributed by atoms with Gasteiger partial charge in [-0.15, -0.1) is 23.1 Å². The molecule has 34 heavy (non-hydrogen) atoms. The predicted octanol–water partition coefficient (Wildman–Crippen LogP) is 2.45. The van der Waals surface area contributed by atoms with E-state index in [0.29, 0.717) is 27.0 Å². The van der Waals surface area contributed by atoms with Gasteiger partial charge in [-0.3, -0.25) is 4.99 Å². The van der Waals surface area contributed by atoms with Gasteiger partial charge in [0.25, 0.3) is 0 Å². The molecule has 0 fully saturated rings. The number of thioether (sulfide) groups is 1. The Balaban J connectivity index is 1.43. The predicted molar refractivity (Wildman–Crippen MR) is 134 cm³/mol. The fourth-order valence-electron chi connectivity index (χ4n) is 3.77. The zero-order valence-electron chi connectivity index (χ0n) is 17.7. The minimum Gasteiger partial charge on any atom is -0.489 e. The molecule has 3 aromatic carbocycles. The van der Waals surface area contributed by atoms with E-state index in [1.165, 1.54) is 23.1 Å². The Kier molecular flexibility index (Phi) is 6.50. The van der Waals surface area contributed by atoms with Gasteiger partial charge in [-0.25, -0.2) is 21.6 Å². The van der Waals surface area contributed by atoms with Crippen molar-refractivity contribution in [1.82, 2.24) is 4.98 Å². The topological polar surface area (TPSA) is 142 Å². The number of carboxylic acid groups (broad SMARTS) is 1. The molecule has 0 spiro atoms. The molecule has 0 saturated carbocycles. The zero-order valence-corrected chi connectivity index (χ0v) is 19.3. The van der Waals surface area contributed by atoms with E-state index in [1.807, 2.05) is 54.6 Å². The number of carbonyl (C=O) groups is 1. The first kappa shape index (κ1) is 22.8. The molecule has 4 aromatic rings. The van der Waals surface area contributed by atoms with Crippen LogP contribution in [0.4, 0.5) is 0 Å². The van der Waals surface area contributed by atoms with Gasteiger partial charge in [-0.05, 0) is 40.0 Å². The molecule has 9 nitrogen and oxygen atoms in total. The van der Waals surface area contributed by atoms with Gasteiger partial charge < -0.3 is 19.4 Å². The maximum atomic E-state index is 11.2. The summed E-state index contributed by atoms with van der Waals surface area (Å²) in [5.41, 5.74) is 2.32. The van der Waals surface area contributed by atoms with E-state index in [0.717, 1.165) is 26.6 Å². The third kappa shape index (κ3) is 4.39. The summed E-state index contributed by atoms with van der Waals surface area (Å²) in [6.45, 7) is 0.236. The van der Waals surface area contributed by atoms with Crippen molar-refractivity contribution in [2.24, 2.45) is 16.8 Å². The first-order chi connectivity index (χ1) is 16.6. The van der Waals surface area contributed by atoms with Crippen molar-refractivity contribution in [3.8, 4) is 5.75 Å². The first-order valence-corrected chi connectivity index (χ1v) is 12.1. The molecular formula is C22H19BN4O5S2. The molecular weight excluding hydrogens is 475 g/mol. The number of rotatable bonds is 8. The van der Waals surface area contributed by atoms with Crippen LogP contribution in [0.5, 0.6) is 5.75 Å². The third-order valence-corrected chi connectivity index (χ3v) is 7.65. The zero-order chi connectivity index (χ0) is 23.7. The van der Waals surface area contributed by atoms with Gasteiger partial charge in [-0.1, -0.05) is 36.4 Å². The lowest BCUT2D eigenvalue weighted by Gasteiger charge is -2.16. The van der Waals surface area contributed by atoms with Gasteiger partial charge >= 0.3 is 13.1 Å². The van der Waals surface area contributed by atoms with Gasteiger partial charge in [-0.2, -0.15) is 0 Å². The summed E-state index contributed by atoms with van der Waals surface area (Å²) in [5.74, 6) is 10.9. The maximum absolute atomic E-state index is 11.2. The Bertz CT molecular complexity index is 1410. The van der Waals surface area contributed by atoms with Crippen LogP contribution in [0, 0.1) is 0 Å². The molecule has 172 valence electrons. The van der Waals surface area contributed by atoms with E-state index in [9.17, 15) is 9.90 Å². The number of nitrogens with zero attached hydrogens (tertiary/aromatic N) is 2. The van der Waals surface area contributed by atoms with Crippen molar-refractivity contribution in [3.63, 3.8) is 0 Å². The van der Waals surface area contributed by atoms with E-state index >= 15 is 0 Å². The van der Waals surface area contributed by atoms with Gasteiger partial charge in [0.05, 0.1) is 10.2 Å². The number of aromatic nitrogens is 1. The summed E-state index contributed by atoms with van der Waals surface area (Å²) in [5, 5.41) is 12.6. The lowest BCUT2D eigenvalue weighted by molar-refractivity contribution is -0.137. The summed E-state index contributed by atoms with van der Waals surface area (Å²) in [4.78, 5) is 20.1. The van der Waals surface area contributed by atoms with Crippen molar-refractivity contribution in [3.05, 3.63) is 65.2 Å². The number of thiazole rings is 1. The van der Waals surface area contributed by atoms with Crippen LogP contribution < -0.4 is 22.0 Å². The second kappa shape index (κ2) is 9.70. The fraction of sp³-hybridized carbons (Fsp3) is 0.136. The van der Waals surface area contributed by atoms with Gasteiger partial charge in [0, 0.05) is 5.75 Å². The smallest absolute Gasteiger partial charge is 0.489 e. The highest BCUT2D eigenvalue weighted by Gasteiger charge is 2.27. The van der Waals surface area contributed by atoms with Crippen LogP contribution in [0.25, 0.3) is 21.0 Å². The highest BCUT2D eigenvalue weighted by atomic mass is 32.2. The number of nitrogens with two attached hydrogens (primary N) is 2. The molecule has 1 aliphatic rings. The van der Waals surface area contributed by atoms with E-state index in [4.69, 9.17) is 26.0 Å². The molecule has 0 bridgehead atoms. The largest absolute Gasteiger partial charge is 0.528 e. The first-order valence-electron chi connectivity index (χ1n) is 10.3. The number of benzene rings is 3. The van der Waals surface area contributed by atoms with Crippen LogP contribution in [-0.2, 0) is 20.9 Å². The van der Waals surface area contributed by atoms with Crippen molar-refractivity contribution >= 4 is 67.7 Å². The Morgan fingerprint density at radius 3 is 2.74 bits per heavy atom. The highest BCUT2D eigenvalue weighted by molar-refractivity contribution is 8.15. The maximum Gasteiger partial charge on any atom is 0.528 e. The molecule has 2 heterocycles. The molecule has 0 amide bonds. The third-order valence-electron chi connectivity index (χ3n) is 5.44. The van der Waals surface area contributed by atoms with Crippen LogP contribution in [0.3, 0.4) is 0 Å². The average Bonchev–Trinajstić information content (AvgIpc) is 3.51. The summed E-state index contributed by atoms with van der Waals surface area (Å²) < 4.78 is 16.9. The summed E-state index contributed by atoms with van der Waals surface area (Å²) in [6.07, 6.45) is 0. The number of hydrogen-bond acceptors (Lipinski definition) is 10. The van der Waals surface area contributed by atoms with Crippen LogP contribution in [-0.4, -0.2) is 40.0 Å². The van der Waals surface area contributed by atoms with E-state index < -0.39 is 19.1 Å². The molecule has 1 aliphatic heterocycles. The number of aliphatic carboxylic acids is 1. The Labute approximate surface area is 202 Å². The van der Waals surface area contributed by atoms with E-state index in [-0.39, 0.29) is 6.61 Å². The van der Waals surface area contributed by atoms with Gasteiger partial charge in [0.15, 0.2) is 6.04 Å². The number of carboxylic acids is 1. The molecule has 1 unspecified atom stereocenters. The van der Waals surface area contributed by atoms with Crippen LogP contribution in [0.1, 0.15) is 10.6 Å². The lowest BCUT2D eigenvalue weighted by atomic mass is 9.75. The SMILES string of the molecule is NOB(ON)c1ccc2ccccc2c1COc1ccc2nc(C3=NC(C(=O)O)CS3)sc2c1. The Hall–Kier alpha value is -3.00. The molecule has 12 heteroatoms. The Morgan fingerprint density at radius 2 is 1.97 bits per heavy atom. The summed E-state index contributed by atoms with van der Waals surface area (Å²) in [6, 6.07) is 16.6. The molecule has 0 radical (unpaired) electrons. The molecule has 0 saturated heterocycles. The van der Waals surface area contributed by atoms with E-state index in [1.54, 1.807) is 0 Å². The average molecular weight is 494 g/mol. The standard InChI is InChI=1S/C22H19BN4O5S2/c24-31-23(32-25)16-7-5-12-3-1-2-4-14(12)15(16)10-30-13-6-8-17-19(9-13)34-21(26-17)20-27-18(11-33-20)22(28)29/h1-9,18H,10-11,24-25H2,(H,28,29). The number of ether oxygens (including phenoxy) is 1.